The number of hydrogen-bond acceptors (Lipinski definition) is 4. The minimum Gasteiger partial charge on any atom is -0.349 e. The van der Waals surface area contributed by atoms with Crippen LogP contribution in [0.25, 0.3) is 0 Å². The molecule has 0 fully saturated rings. The Morgan fingerprint density at radius 2 is 2.04 bits per heavy atom. The van der Waals surface area contributed by atoms with Crippen molar-refractivity contribution in [1.29, 1.82) is 0 Å². The number of carbonyl (C=O) groups excluding carboxylic acids is 1. The second kappa shape index (κ2) is 9.02. The van der Waals surface area contributed by atoms with Gasteiger partial charge in [0.05, 0.1) is 5.56 Å². The molecule has 0 radical (unpaired) electrons. The Morgan fingerprint density at radius 1 is 1.28 bits per heavy atom. The fraction of sp³-hybridized carbons (Fsp3) is 0.400. The fourth-order valence-corrected chi connectivity index (χ4v) is 3.44. The summed E-state index contributed by atoms with van der Waals surface area (Å²) in [5.74, 6) is -0.0633. The molecule has 0 saturated carbocycles. The van der Waals surface area contributed by atoms with Crippen LogP contribution in [0, 0.1) is 13.8 Å². The lowest BCUT2D eigenvalue weighted by atomic mass is 10.2. The first-order chi connectivity index (χ1) is 11.9. The van der Waals surface area contributed by atoms with Crippen molar-refractivity contribution >= 4 is 17.7 Å². The molecular weight excluding hydrogens is 330 g/mol. The Balaban J connectivity index is 2.13. The van der Waals surface area contributed by atoms with E-state index < -0.39 is 0 Å². The van der Waals surface area contributed by atoms with Crippen LogP contribution in [0.2, 0.25) is 0 Å². The van der Waals surface area contributed by atoms with E-state index in [2.05, 4.69) is 47.2 Å². The summed E-state index contributed by atoms with van der Waals surface area (Å²) in [4.78, 5) is 20.3. The molecule has 134 valence electrons. The molecule has 0 aliphatic carbocycles. The van der Waals surface area contributed by atoms with Gasteiger partial charge in [-0.25, -0.2) is 4.98 Å². The Bertz CT molecular complexity index is 731. The van der Waals surface area contributed by atoms with Crippen molar-refractivity contribution in [2.75, 3.05) is 20.6 Å². The molecule has 0 aliphatic heterocycles. The second-order valence-corrected chi connectivity index (χ2v) is 7.72. The number of benzene rings is 1. The number of nitrogens with zero attached hydrogens (tertiary/aromatic N) is 2. The normalized spacial score (nSPS) is 12.2. The van der Waals surface area contributed by atoms with Crippen LogP contribution in [0.1, 0.15) is 34.8 Å². The molecule has 4 nitrogen and oxygen atoms in total. The smallest absolute Gasteiger partial charge is 0.254 e. The van der Waals surface area contributed by atoms with Gasteiger partial charge in [0.2, 0.25) is 0 Å². The summed E-state index contributed by atoms with van der Waals surface area (Å²) in [7, 11) is 4.07. The van der Waals surface area contributed by atoms with Gasteiger partial charge in [0.15, 0.2) is 0 Å². The van der Waals surface area contributed by atoms with Crippen LogP contribution in [0.15, 0.2) is 46.5 Å². The molecule has 5 heteroatoms. The number of aryl methyl sites for hydroxylation is 2. The molecule has 1 aromatic heterocycles. The van der Waals surface area contributed by atoms with Crippen LogP contribution in [0.3, 0.4) is 0 Å². The Hall–Kier alpha value is -1.85. The highest BCUT2D eigenvalue weighted by Crippen LogP contribution is 2.31. The molecule has 2 aromatic rings. The van der Waals surface area contributed by atoms with E-state index in [1.54, 1.807) is 18.0 Å². The highest BCUT2D eigenvalue weighted by Gasteiger charge is 2.16. The van der Waals surface area contributed by atoms with E-state index >= 15 is 0 Å². The number of carbonyl (C=O) groups is 1. The van der Waals surface area contributed by atoms with Crippen LogP contribution in [0.4, 0.5) is 0 Å². The summed E-state index contributed by atoms with van der Waals surface area (Å²) in [5.41, 5.74) is 3.06. The summed E-state index contributed by atoms with van der Waals surface area (Å²) in [6, 6.07) is 10.1. The van der Waals surface area contributed by atoms with Gasteiger partial charge in [0, 0.05) is 17.1 Å². The van der Waals surface area contributed by atoms with Crippen LogP contribution in [-0.4, -0.2) is 42.5 Å². The second-order valence-electron chi connectivity index (χ2n) is 6.69. The third-order valence-corrected chi connectivity index (χ3v) is 5.14. The molecule has 1 N–H and O–H groups in total. The number of rotatable bonds is 7. The number of hydrogen-bond donors (Lipinski definition) is 1. The number of amides is 1. The molecule has 0 aliphatic rings. The summed E-state index contributed by atoms with van der Waals surface area (Å²) in [6.45, 7) is 7.14. The lowest BCUT2D eigenvalue weighted by molar-refractivity contribution is 0.0933. The highest BCUT2D eigenvalue weighted by atomic mass is 32.2. The van der Waals surface area contributed by atoms with Gasteiger partial charge in [-0.2, -0.15) is 0 Å². The molecule has 0 bridgehead atoms. The van der Waals surface area contributed by atoms with E-state index in [0.717, 1.165) is 22.9 Å². The standard InChI is InChI=1S/C20H27N3OS/c1-14-8-9-18(15(2)13-14)25-20-17(7-6-11-21-20)19(24)22-16(3)10-12-23(4)5/h6-9,11,13,16H,10,12H2,1-5H3,(H,22,24). The molecule has 1 heterocycles. The maximum Gasteiger partial charge on any atom is 0.254 e. The Kier molecular flexibility index (Phi) is 7.02. The monoisotopic (exact) mass is 357 g/mol. The van der Waals surface area contributed by atoms with Crippen LogP contribution in [-0.2, 0) is 0 Å². The number of pyridine rings is 1. The molecule has 0 spiro atoms. The van der Waals surface area contributed by atoms with Crippen molar-refractivity contribution in [1.82, 2.24) is 15.2 Å². The lowest BCUT2D eigenvalue weighted by Crippen LogP contribution is -2.35. The zero-order valence-corrected chi connectivity index (χ0v) is 16.5. The molecule has 1 aromatic carbocycles. The Morgan fingerprint density at radius 3 is 2.72 bits per heavy atom. The quantitative estimate of drug-likeness (QED) is 0.816. The van der Waals surface area contributed by atoms with E-state index in [9.17, 15) is 4.79 Å². The van der Waals surface area contributed by atoms with Gasteiger partial charge in [0.25, 0.3) is 5.91 Å². The van der Waals surface area contributed by atoms with E-state index in [-0.39, 0.29) is 11.9 Å². The predicted octanol–water partition coefficient (Wildman–Crippen LogP) is 3.92. The first-order valence-electron chi connectivity index (χ1n) is 8.52. The summed E-state index contributed by atoms with van der Waals surface area (Å²) in [5, 5.41) is 3.82. The van der Waals surface area contributed by atoms with Crippen molar-refractivity contribution in [3.05, 3.63) is 53.2 Å². The molecular formula is C20H27N3OS. The lowest BCUT2D eigenvalue weighted by Gasteiger charge is -2.17. The van der Waals surface area contributed by atoms with Gasteiger partial charge in [0.1, 0.15) is 5.03 Å². The van der Waals surface area contributed by atoms with E-state index in [0.29, 0.717) is 5.56 Å². The largest absolute Gasteiger partial charge is 0.349 e. The molecule has 1 unspecified atom stereocenters. The maximum atomic E-state index is 12.7. The summed E-state index contributed by atoms with van der Waals surface area (Å²) >= 11 is 1.54. The maximum absolute atomic E-state index is 12.7. The van der Waals surface area contributed by atoms with Gasteiger partial charge in [-0.3, -0.25) is 4.79 Å². The number of aromatic nitrogens is 1. The third-order valence-electron chi connectivity index (χ3n) is 3.94. The first-order valence-corrected chi connectivity index (χ1v) is 9.34. The SMILES string of the molecule is Cc1ccc(Sc2ncccc2C(=O)NC(C)CCN(C)C)c(C)c1. The third kappa shape index (κ3) is 5.87. The van der Waals surface area contributed by atoms with Crippen molar-refractivity contribution in [2.24, 2.45) is 0 Å². The van der Waals surface area contributed by atoms with Gasteiger partial charge in [-0.05, 0) is 71.6 Å². The minimum absolute atomic E-state index is 0.0633. The van der Waals surface area contributed by atoms with E-state index in [4.69, 9.17) is 0 Å². The summed E-state index contributed by atoms with van der Waals surface area (Å²) in [6.07, 6.45) is 2.65. The van der Waals surface area contributed by atoms with Gasteiger partial charge >= 0.3 is 0 Å². The van der Waals surface area contributed by atoms with Crippen molar-refractivity contribution in [2.45, 2.75) is 43.2 Å². The van der Waals surface area contributed by atoms with E-state index in [1.807, 2.05) is 33.2 Å². The van der Waals surface area contributed by atoms with Crippen molar-refractivity contribution < 1.29 is 4.79 Å². The van der Waals surface area contributed by atoms with Crippen LogP contribution >= 0.6 is 11.8 Å². The fourth-order valence-electron chi connectivity index (χ4n) is 2.49. The highest BCUT2D eigenvalue weighted by molar-refractivity contribution is 7.99. The average Bonchev–Trinajstić information content (AvgIpc) is 2.56. The Labute approximate surface area is 155 Å². The minimum atomic E-state index is -0.0633. The van der Waals surface area contributed by atoms with Crippen molar-refractivity contribution in [3.63, 3.8) is 0 Å². The topological polar surface area (TPSA) is 45.2 Å². The molecule has 2 rings (SSSR count). The number of nitrogens with one attached hydrogen (secondary N) is 1. The zero-order chi connectivity index (χ0) is 18.4. The summed E-state index contributed by atoms with van der Waals surface area (Å²) < 4.78 is 0. The van der Waals surface area contributed by atoms with Crippen molar-refractivity contribution in [3.8, 4) is 0 Å². The van der Waals surface area contributed by atoms with Crippen LogP contribution < -0.4 is 5.32 Å². The van der Waals surface area contributed by atoms with Crippen LogP contribution in [0.5, 0.6) is 0 Å². The average molecular weight is 358 g/mol. The van der Waals surface area contributed by atoms with Gasteiger partial charge < -0.3 is 10.2 Å². The van der Waals surface area contributed by atoms with Gasteiger partial charge in [-0.1, -0.05) is 29.5 Å². The first kappa shape index (κ1) is 19.5. The van der Waals surface area contributed by atoms with Gasteiger partial charge in [-0.15, -0.1) is 0 Å². The molecule has 25 heavy (non-hydrogen) atoms. The molecule has 1 amide bonds. The zero-order valence-electron chi connectivity index (χ0n) is 15.7. The molecule has 0 saturated heterocycles. The molecule has 1 atom stereocenters. The predicted molar refractivity (Wildman–Crippen MR) is 104 cm³/mol. The van der Waals surface area contributed by atoms with E-state index in [1.165, 1.54) is 11.1 Å².